The number of piperazine rings is 1. The van der Waals surface area contributed by atoms with Gasteiger partial charge in [0.2, 0.25) is 5.95 Å². The molecule has 4 aromatic rings. The molecule has 1 aromatic carbocycles. The summed E-state index contributed by atoms with van der Waals surface area (Å²) in [6.07, 6.45) is 7.07. The Kier molecular flexibility index (Phi) is 8.04. The van der Waals surface area contributed by atoms with E-state index in [9.17, 15) is 18.7 Å². The van der Waals surface area contributed by atoms with E-state index in [0.717, 1.165) is 43.7 Å². The van der Waals surface area contributed by atoms with Gasteiger partial charge in [-0.15, -0.1) is 0 Å². The fourth-order valence-corrected chi connectivity index (χ4v) is 6.12. The van der Waals surface area contributed by atoms with Crippen LogP contribution in [0.4, 0.5) is 20.4 Å². The molecule has 3 aromatic heterocycles. The highest BCUT2D eigenvalue weighted by atomic mass is 19.3. The van der Waals surface area contributed by atoms with E-state index in [-0.39, 0.29) is 30.1 Å². The lowest BCUT2D eigenvalue weighted by Gasteiger charge is -2.36. The molecule has 0 unspecified atom stereocenters. The van der Waals surface area contributed by atoms with E-state index < -0.39 is 12.5 Å². The van der Waals surface area contributed by atoms with Crippen LogP contribution < -0.4 is 15.8 Å². The van der Waals surface area contributed by atoms with Crippen molar-refractivity contribution in [3.63, 3.8) is 0 Å². The van der Waals surface area contributed by atoms with Crippen LogP contribution in [-0.2, 0) is 6.54 Å². The molecular weight excluding hydrogens is 540 g/mol. The van der Waals surface area contributed by atoms with Crippen LogP contribution in [0, 0.1) is 0 Å². The van der Waals surface area contributed by atoms with Crippen molar-refractivity contribution in [2.24, 2.45) is 0 Å². The molecule has 2 N–H and O–H groups in total. The third kappa shape index (κ3) is 5.94. The van der Waals surface area contributed by atoms with Gasteiger partial charge >= 0.3 is 0 Å². The van der Waals surface area contributed by atoms with Crippen LogP contribution >= 0.6 is 0 Å². The first-order chi connectivity index (χ1) is 20.3. The van der Waals surface area contributed by atoms with Gasteiger partial charge in [0.25, 0.3) is 11.5 Å². The van der Waals surface area contributed by atoms with Crippen molar-refractivity contribution in [3.05, 3.63) is 64.8 Å². The van der Waals surface area contributed by atoms with Gasteiger partial charge in [0.1, 0.15) is 5.65 Å². The van der Waals surface area contributed by atoms with Crippen molar-refractivity contribution in [2.45, 2.75) is 63.6 Å². The summed E-state index contributed by atoms with van der Waals surface area (Å²) < 4.78 is 29.6. The number of aliphatic hydroxyl groups is 1. The molecule has 11 heteroatoms. The third-order valence-electron chi connectivity index (χ3n) is 8.68. The first kappa shape index (κ1) is 28.4. The van der Waals surface area contributed by atoms with Gasteiger partial charge < -0.3 is 15.3 Å². The van der Waals surface area contributed by atoms with Crippen LogP contribution in [0.15, 0.2) is 53.7 Å². The largest absolute Gasteiger partial charge is 0.393 e. The van der Waals surface area contributed by atoms with Gasteiger partial charge in [0, 0.05) is 80.2 Å². The number of hydrogen-bond donors (Lipinski definition) is 2. The van der Waals surface area contributed by atoms with Crippen LogP contribution in [0.25, 0.3) is 21.8 Å². The Hall–Kier alpha value is -3.70. The molecule has 0 atom stereocenters. The summed E-state index contributed by atoms with van der Waals surface area (Å²) in [4.78, 5) is 31.9. The number of benzene rings is 1. The van der Waals surface area contributed by atoms with Gasteiger partial charge in [-0.3, -0.25) is 19.2 Å². The Morgan fingerprint density at radius 2 is 1.74 bits per heavy atom. The van der Waals surface area contributed by atoms with Gasteiger partial charge in [0.15, 0.2) is 0 Å². The number of alkyl halides is 2. The summed E-state index contributed by atoms with van der Waals surface area (Å²) in [5, 5.41) is 14.8. The summed E-state index contributed by atoms with van der Waals surface area (Å²) in [6, 6.07) is 9.91. The number of hydrogen-bond acceptors (Lipinski definition) is 8. The van der Waals surface area contributed by atoms with Crippen LogP contribution in [0.3, 0.4) is 0 Å². The van der Waals surface area contributed by atoms with Crippen molar-refractivity contribution in [3.8, 4) is 0 Å². The minimum absolute atomic E-state index is 0.0708. The Morgan fingerprint density at radius 3 is 2.45 bits per heavy atom. The molecule has 4 heterocycles. The number of halogens is 2. The highest BCUT2D eigenvalue weighted by Gasteiger charge is 2.28. The average Bonchev–Trinajstić information content (AvgIpc) is 3.02. The second kappa shape index (κ2) is 11.9. The van der Waals surface area contributed by atoms with Crippen molar-refractivity contribution >= 4 is 33.4 Å². The monoisotopic (exact) mass is 577 g/mol. The molecule has 1 saturated heterocycles. The number of anilines is 2. The van der Waals surface area contributed by atoms with E-state index in [0.29, 0.717) is 42.1 Å². The molecule has 6 rings (SSSR count). The first-order valence-electron chi connectivity index (χ1n) is 14.8. The SMILES string of the molecule is CCC(F)(F)CNc1ncc2c3ccc(CN4CCN(c5ccncc5)CC4)cc3c(=O)n([C@H]3CC[C@H](O)CC3)c2n1. The fourth-order valence-electron chi connectivity index (χ4n) is 6.12. The fraction of sp³-hybridized carbons (Fsp3) is 0.484. The summed E-state index contributed by atoms with van der Waals surface area (Å²) >= 11 is 0. The van der Waals surface area contributed by atoms with E-state index >= 15 is 0 Å². The number of aliphatic hydroxyl groups excluding tert-OH is 1. The minimum atomic E-state index is -2.89. The third-order valence-corrected chi connectivity index (χ3v) is 8.68. The van der Waals surface area contributed by atoms with Gasteiger partial charge in [-0.25, -0.2) is 13.8 Å². The smallest absolute Gasteiger partial charge is 0.264 e. The van der Waals surface area contributed by atoms with E-state index in [2.05, 4.69) is 30.1 Å². The predicted octanol–water partition coefficient (Wildman–Crippen LogP) is 4.60. The van der Waals surface area contributed by atoms with Gasteiger partial charge in [-0.2, -0.15) is 4.98 Å². The van der Waals surface area contributed by atoms with E-state index in [4.69, 9.17) is 0 Å². The quantitative estimate of drug-likeness (QED) is 0.294. The lowest BCUT2D eigenvalue weighted by molar-refractivity contribution is 0.0114. The van der Waals surface area contributed by atoms with Crippen LogP contribution in [0.5, 0.6) is 0 Å². The number of fused-ring (bicyclic) bond motifs is 3. The van der Waals surface area contributed by atoms with Gasteiger partial charge in [-0.1, -0.05) is 19.1 Å². The minimum Gasteiger partial charge on any atom is -0.393 e. The number of pyridine rings is 2. The molecule has 2 aliphatic rings. The predicted molar refractivity (Wildman–Crippen MR) is 160 cm³/mol. The Labute approximate surface area is 243 Å². The van der Waals surface area contributed by atoms with E-state index in [1.807, 2.05) is 42.7 Å². The molecule has 1 saturated carbocycles. The summed E-state index contributed by atoms with van der Waals surface area (Å²) in [7, 11) is 0. The number of nitrogens with zero attached hydrogens (tertiary/aromatic N) is 6. The van der Waals surface area contributed by atoms with E-state index in [1.54, 1.807) is 10.8 Å². The summed E-state index contributed by atoms with van der Waals surface area (Å²) in [5.41, 5.74) is 2.53. The molecule has 42 heavy (non-hydrogen) atoms. The number of nitrogens with one attached hydrogen (secondary N) is 1. The molecular formula is C31H37F2N7O2. The molecule has 9 nitrogen and oxygen atoms in total. The number of aromatic nitrogens is 4. The normalized spacial score (nSPS) is 20.3. The van der Waals surface area contributed by atoms with Crippen molar-refractivity contribution in [1.82, 2.24) is 24.4 Å². The summed E-state index contributed by atoms with van der Waals surface area (Å²) in [6.45, 7) is 5.24. The van der Waals surface area contributed by atoms with Crippen LogP contribution in [-0.4, -0.2) is 74.3 Å². The Balaban J connectivity index is 1.31. The van der Waals surface area contributed by atoms with Gasteiger partial charge in [0.05, 0.1) is 12.6 Å². The Morgan fingerprint density at radius 1 is 1.00 bits per heavy atom. The lowest BCUT2D eigenvalue weighted by Crippen LogP contribution is -2.45. The van der Waals surface area contributed by atoms with Crippen molar-refractivity contribution in [1.29, 1.82) is 0 Å². The zero-order valence-electron chi connectivity index (χ0n) is 23.8. The molecule has 1 aliphatic carbocycles. The molecule has 0 radical (unpaired) electrons. The average molecular weight is 578 g/mol. The lowest BCUT2D eigenvalue weighted by atomic mass is 9.92. The molecule has 0 amide bonds. The first-order valence-corrected chi connectivity index (χ1v) is 14.8. The molecule has 222 valence electrons. The highest BCUT2D eigenvalue weighted by Crippen LogP contribution is 2.32. The topological polar surface area (TPSA) is 99.4 Å². The van der Waals surface area contributed by atoms with E-state index in [1.165, 1.54) is 12.6 Å². The van der Waals surface area contributed by atoms with Crippen LogP contribution in [0.1, 0.15) is 50.6 Å². The maximum Gasteiger partial charge on any atom is 0.264 e. The highest BCUT2D eigenvalue weighted by molar-refractivity contribution is 6.04. The maximum atomic E-state index is 14.1. The molecule has 0 bridgehead atoms. The molecule has 2 fully saturated rings. The van der Waals surface area contributed by atoms with Gasteiger partial charge in [-0.05, 0) is 54.8 Å². The summed E-state index contributed by atoms with van der Waals surface area (Å²) in [5.74, 6) is -2.82. The molecule has 1 aliphatic heterocycles. The van der Waals surface area contributed by atoms with Crippen LogP contribution in [0.2, 0.25) is 0 Å². The second-order valence-corrected chi connectivity index (χ2v) is 11.5. The zero-order valence-corrected chi connectivity index (χ0v) is 23.8. The zero-order chi connectivity index (χ0) is 29.3. The standard InChI is InChI=1S/C31H37F2N7O2/c1-2-31(32,33)20-36-30-35-18-27-25-8-3-21(19-38-13-15-39(16-14-38)22-9-11-34-12-10-22)17-26(25)29(42)40(28(27)37-30)23-4-6-24(41)7-5-23/h3,8-12,17-18,23-24,41H,2,4-7,13-16,19-20H2,1H3,(H,35,36,37)/t23-,24-. The number of rotatable bonds is 8. The van der Waals surface area contributed by atoms with Crippen molar-refractivity contribution in [2.75, 3.05) is 42.9 Å². The second-order valence-electron chi connectivity index (χ2n) is 11.5. The maximum absolute atomic E-state index is 14.1. The molecule has 0 spiro atoms. The Bertz CT molecular complexity index is 1600. The van der Waals surface area contributed by atoms with Crippen molar-refractivity contribution < 1.29 is 13.9 Å².